The van der Waals surface area contributed by atoms with Crippen LogP contribution in [0.5, 0.6) is 0 Å². The van der Waals surface area contributed by atoms with Crippen molar-refractivity contribution in [1.29, 1.82) is 0 Å². The van der Waals surface area contributed by atoms with E-state index >= 15 is 0 Å². The molecule has 57 heavy (non-hydrogen) atoms. The average molecular weight is 729 g/mol. The molecule has 0 bridgehead atoms. The summed E-state index contributed by atoms with van der Waals surface area (Å²) in [6.07, 6.45) is 0. The lowest BCUT2D eigenvalue weighted by molar-refractivity contribution is 0.670. The van der Waals surface area contributed by atoms with Gasteiger partial charge >= 0.3 is 0 Å². The van der Waals surface area contributed by atoms with Crippen LogP contribution in [0.25, 0.3) is 111 Å². The lowest BCUT2D eigenvalue weighted by Crippen LogP contribution is -2.02. The molecule has 4 heterocycles. The van der Waals surface area contributed by atoms with E-state index in [1.165, 1.54) is 16.3 Å². The maximum Gasteiger partial charge on any atom is 0.162 e. The molecule has 12 aromatic rings. The smallest absolute Gasteiger partial charge is 0.162 e. The van der Waals surface area contributed by atoms with E-state index in [0.717, 1.165) is 88.7 Å². The number of furan rings is 1. The van der Waals surface area contributed by atoms with Crippen molar-refractivity contribution in [3.05, 3.63) is 194 Å². The van der Waals surface area contributed by atoms with Gasteiger partial charge in [0.05, 0.1) is 27.8 Å². The fourth-order valence-electron chi connectivity index (χ4n) is 8.77. The van der Waals surface area contributed by atoms with Crippen molar-refractivity contribution in [2.45, 2.75) is 0 Å². The Hall–Kier alpha value is -7.76. The molecule has 0 saturated carbocycles. The topological polar surface area (TPSA) is 48.8 Å². The SMILES string of the molecule is c1ccc(-c2cccc(-c3nc(-c4cccc5c4oc4ccccc45)cc(-n4c5ccccc5c5cc6c(cc54)c4ccccc4n6-c4ccccc4)n3)c2)cc1. The van der Waals surface area contributed by atoms with Gasteiger partial charge in [0.25, 0.3) is 0 Å². The van der Waals surface area contributed by atoms with Crippen LogP contribution in [0.2, 0.25) is 0 Å². The molecule has 0 spiro atoms. The second kappa shape index (κ2) is 12.4. The summed E-state index contributed by atoms with van der Waals surface area (Å²) in [5.74, 6) is 1.42. The minimum Gasteiger partial charge on any atom is -0.455 e. The molecule has 4 aromatic heterocycles. The Balaban J connectivity index is 1.17. The molecule has 12 rings (SSSR count). The molecule has 5 nitrogen and oxygen atoms in total. The third-order valence-corrected chi connectivity index (χ3v) is 11.3. The highest BCUT2D eigenvalue weighted by Gasteiger charge is 2.22. The fraction of sp³-hybridized carbons (Fsp3) is 0. The second-order valence-corrected chi connectivity index (χ2v) is 14.6. The molecule has 0 saturated heterocycles. The predicted molar refractivity (Wildman–Crippen MR) is 234 cm³/mol. The van der Waals surface area contributed by atoms with Crippen LogP contribution in [0.1, 0.15) is 0 Å². The van der Waals surface area contributed by atoms with Crippen molar-refractivity contribution in [2.24, 2.45) is 0 Å². The van der Waals surface area contributed by atoms with Crippen molar-refractivity contribution in [3.63, 3.8) is 0 Å². The summed E-state index contributed by atoms with van der Waals surface area (Å²) in [7, 11) is 0. The highest BCUT2D eigenvalue weighted by molar-refractivity contribution is 6.19. The third kappa shape index (κ3) is 4.89. The van der Waals surface area contributed by atoms with Crippen LogP contribution in [0.15, 0.2) is 199 Å². The van der Waals surface area contributed by atoms with Gasteiger partial charge in [0.1, 0.15) is 17.0 Å². The summed E-state index contributed by atoms with van der Waals surface area (Å²) in [6.45, 7) is 0. The first-order valence-corrected chi connectivity index (χ1v) is 19.2. The number of hydrogen-bond donors (Lipinski definition) is 0. The number of fused-ring (bicyclic) bond motifs is 9. The Morgan fingerprint density at radius 3 is 1.72 bits per heavy atom. The van der Waals surface area contributed by atoms with Crippen LogP contribution < -0.4 is 0 Å². The molecular formula is C52H32N4O. The molecule has 0 atom stereocenters. The Morgan fingerprint density at radius 1 is 0.368 bits per heavy atom. The van der Waals surface area contributed by atoms with Crippen molar-refractivity contribution in [3.8, 4) is 45.3 Å². The summed E-state index contributed by atoms with van der Waals surface area (Å²) in [5, 5.41) is 6.85. The van der Waals surface area contributed by atoms with E-state index in [2.05, 4.69) is 185 Å². The van der Waals surface area contributed by atoms with Gasteiger partial charge in [0.15, 0.2) is 5.82 Å². The average Bonchev–Trinajstić information content (AvgIpc) is 3.93. The Labute approximate surface area is 327 Å². The van der Waals surface area contributed by atoms with Gasteiger partial charge in [-0.05, 0) is 65.7 Å². The zero-order chi connectivity index (χ0) is 37.5. The van der Waals surface area contributed by atoms with Crippen LogP contribution in [-0.4, -0.2) is 19.1 Å². The van der Waals surface area contributed by atoms with E-state index in [1.807, 2.05) is 18.2 Å². The Bertz CT molecular complexity index is 3520. The van der Waals surface area contributed by atoms with E-state index in [9.17, 15) is 0 Å². The molecule has 0 aliphatic rings. The number of para-hydroxylation sites is 5. The molecule has 266 valence electrons. The third-order valence-electron chi connectivity index (χ3n) is 11.3. The number of rotatable bonds is 5. The van der Waals surface area contributed by atoms with E-state index < -0.39 is 0 Å². The van der Waals surface area contributed by atoms with Crippen molar-refractivity contribution >= 4 is 65.6 Å². The largest absolute Gasteiger partial charge is 0.455 e. The van der Waals surface area contributed by atoms with Gasteiger partial charge in [-0.2, -0.15) is 0 Å². The van der Waals surface area contributed by atoms with Gasteiger partial charge in [-0.3, -0.25) is 4.57 Å². The fourth-order valence-corrected chi connectivity index (χ4v) is 8.77. The van der Waals surface area contributed by atoms with E-state index in [4.69, 9.17) is 14.4 Å². The minimum absolute atomic E-state index is 0.640. The Morgan fingerprint density at radius 2 is 0.947 bits per heavy atom. The van der Waals surface area contributed by atoms with Gasteiger partial charge in [0.2, 0.25) is 0 Å². The zero-order valence-corrected chi connectivity index (χ0v) is 30.7. The summed E-state index contributed by atoms with van der Waals surface area (Å²) in [4.78, 5) is 10.8. The molecule has 0 aliphatic heterocycles. The normalized spacial score (nSPS) is 11.9. The van der Waals surface area contributed by atoms with Crippen LogP contribution in [0, 0.1) is 0 Å². The molecule has 0 N–H and O–H groups in total. The lowest BCUT2D eigenvalue weighted by atomic mass is 10.0. The van der Waals surface area contributed by atoms with Crippen LogP contribution >= 0.6 is 0 Å². The van der Waals surface area contributed by atoms with Crippen molar-refractivity contribution in [1.82, 2.24) is 19.1 Å². The summed E-state index contributed by atoms with van der Waals surface area (Å²) >= 11 is 0. The monoisotopic (exact) mass is 728 g/mol. The standard InChI is InChI=1S/C52H32N4O/c1-3-15-33(16-4-1)34-17-13-18-35(29-34)52-53-44(41-25-14-24-40-39-23-9-12-28-49(39)57-51(40)41)32-50(54-52)56-46-27-11-8-22-38(46)43-30-47-42(31-48(43)56)37-21-7-10-26-45(37)55(47)36-19-5-2-6-20-36/h1-32H. The maximum absolute atomic E-state index is 6.59. The molecule has 0 fully saturated rings. The highest BCUT2D eigenvalue weighted by Crippen LogP contribution is 2.41. The van der Waals surface area contributed by atoms with Gasteiger partial charge in [-0.1, -0.05) is 133 Å². The van der Waals surface area contributed by atoms with Gasteiger partial charge in [-0.25, -0.2) is 9.97 Å². The predicted octanol–water partition coefficient (Wildman–Crippen LogP) is 13.6. The van der Waals surface area contributed by atoms with Gasteiger partial charge < -0.3 is 8.98 Å². The molecule has 0 amide bonds. The summed E-state index contributed by atoms with van der Waals surface area (Å²) in [6, 6.07) is 68.3. The maximum atomic E-state index is 6.59. The van der Waals surface area contributed by atoms with E-state index in [0.29, 0.717) is 5.82 Å². The first-order valence-electron chi connectivity index (χ1n) is 19.2. The van der Waals surface area contributed by atoms with Crippen molar-refractivity contribution in [2.75, 3.05) is 0 Å². The molecular weight excluding hydrogens is 697 g/mol. The van der Waals surface area contributed by atoms with Crippen molar-refractivity contribution < 1.29 is 4.42 Å². The molecule has 0 aliphatic carbocycles. The first-order chi connectivity index (χ1) is 28.3. The lowest BCUT2D eigenvalue weighted by Gasteiger charge is -2.13. The number of nitrogens with zero attached hydrogens (tertiary/aromatic N) is 4. The van der Waals surface area contributed by atoms with Crippen LogP contribution in [0.4, 0.5) is 0 Å². The summed E-state index contributed by atoms with van der Waals surface area (Å²) in [5.41, 5.74) is 12.2. The second-order valence-electron chi connectivity index (χ2n) is 14.6. The van der Waals surface area contributed by atoms with Gasteiger partial charge in [0, 0.05) is 55.2 Å². The zero-order valence-electron chi connectivity index (χ0n) is 30.7. The molecule has 8 aromatic carbocycles. The number of hydrogen-bond acceptors (Lipinski definition) is 3. The van der Waals surface area contributed by atoms with Crippen LogP contribution in [0.3, 0.4) is 0 Å². The molecule has 5 heteroatoms. The van der Waals surface area contributed by atoms with E-state index in [-0.39, 0.29) is 0 Å². The quantitative estimate of drug-likeness (QED) is 0.177. The molecule has 0 radical (unpaired) electrons. The molecule has 0 unspecified atom stereocenters. The Kier molecular flexibility index (Phi) is 6.86. The summed E-state index contributed by atoms with van der Waals surface area (Å²) < 4.78 is 11.3. The highest BCUT2D eigenvalue weighted by atomic mass is 16.3. The van der Waals surface area contributed by atoms with Crippen LogP contribution in [-0.2, 0) is 0 Å². The van der Waals surface area contributed by atoms with Gasteiger partial charge in [-0.15, -0.1) is 0 Å². The first kappa shape index (κ1) is 31.6. The number of aromatic nitrogens is 4. The number of benzene rings is 8. The van der Waals surface area contributed by atoms with E-state index in [1.54, 1.807) is 0 Å². The minimum atomic E-state index is 0.640.